The zero-order valence-corrected chi connectivity index (χ0v) is 15.0. The van der Waals surface area contributed by atoms with Crippen LogP contribution in [0.4, 0.5) is 0 Å². The third kappa shape index (κ3) is 4.11. The number of amides is 2. The number of carbonyl (C=O) groups excluding carboxylic acids is 2. The minimum atomic E-state index is -0.449. The lowest BCUT2D eigenvalue weighted by Crippen LogP contribution is -2.58. The molecular formula is C21H24N2O3. The van der Waals surface area contributed by atoms with E-state index in [0.29, 0.717) is 43.7 Å². The van der Waals surface area contributed by atoms with Crippen molar-refractivity contribution in [2.24, 2.45) is 0 Å². The molecule has 0 saturated carbocycles. The van der Waals surface area contributed by atoms with Crippen LogP contribution in [-0.4, -0.2) is 49.1 Å². The molecule has 1 fully saturated rings. The molecule has 1 aliphatic rings. The fraction of sp³-hybridized carbons (Fsp3) is 0.333. The standard InChI is InChI=1S/C21H24N2O3/c1-26-16-21(22-19(24)17-8-4-2-5-9-17)12-14-23(15-13-21)20(25)18-10-6-3-7-11-18/h2-11H,12-16H2,1H3,(H,22,24). The predicted octanol–water partition coefficient (Wildman–Crippen LogP) is 2.74. The van der Waals surface area contributed by atoms with E-state index >= 15 is 0 Å². The Morgan fingerprint density at radius 2 is 1.50 bits per heavy atom. The molecule has 3 rings (SSSR count). The summed E-state index contributed by atoms with van der Waals surface area (Å²) in [5.41, 5.74) is 0.876. The van der Waals surface area contributed by atoms with Crippen molar-refractivity contribution in [1.29, 1.82) is 0 Å². The molecule has 0 atom stereocenters. The first-order valence-electron chi connectivity index (χ1n) is 8.84. The lowest BCUT2D eigenvalue weighted by Gasteiger charge is -2.42. The van der Waals surface area contributed by atoms with Crippen LogP contribution < -0.4 is 5.32 Å². The van der Waals surface area contributed by atoms with Crippen molar-refractivity contribution in [2.75, 3.05) is 26.8 Å². The highest BCUT2D eigenvalue weighted by Gasteiger charge is 2.37. The van der Waals surface area contributed by atoms with Crippen molar-refractivity contribution in [3.05, 3.63) is 71.8 Å². The number of likely N-dealkylation sites (tertiary alicyclic amines) is 1. The highest BCUT2D eigenvalue weighted by Crippen LogP contribution is 2.24. The quantitative estimate of drug-likeness (QED) is 0.900. The van der Waals surface area contributed by atoms with E-state index in [0.717, 1.165) is 0 Å². The maximum atomic E-state index is 12.6. The number of nitrogens with zero attached hydrogens (tertiary/aromatic N) is 1. The smallest absolute Gasteiger partial charge is 0.253 e. The molecule has 0 aliphatic carbocycles. The van der Waals surface area contributed by atoms with Crippen molar-refractivity contribution in [1.82, 2.24) is 10.2 Å². The third-order valence-electron chi connectivity index (χ3n) is 4.86. The number of piperidine rings is 1. The van der Waals surface area contributed by atoms with Crippen LogP contribution in [0.5, 0.6) is 0 Å². The van der Waals surface area contributed by atoms with Crippen LogP contribution in [0.2, 0.25) is 0 Å². The van der Waals surface area contributed by atoms with Gasteiger partial charge in [-0.05, 0) is 37.1 Å². The largest absolute Gasteiger partial charge is 0.382 e. The summed E-state index contributed by atoms with van der Waals surface area (Å²) in [6, 6.07) is 18.5. The molecule has 1 aliphatic heterocycles. The van der Waals surface area contributed by atoms with Gasteiger partial charge in [0, 0.05) is 31.3 Å². The van der Waals surface area contributed by atoms with Gasteiger partial charge in [0.25, 0.3) is 11.8 Å². The van der Waals surface area contributed by atoms with Crippen molar-refractivity contribution in [3.8, 4) is 0 Å². The van der Waals surface area contributed by atoms with E-state index in [1.54, 1.807) is 19.2 Å². The van der Waals surface area contributed by atoms with E-state index in [9.17, 15) is 9.59 Å². The van der Waals surface area contributed by atoms with Crippen LogP contribution in [0.25, 0.3) is 0 Å². The van der Waals surface area contributed by atoms with Gasteiger partial charge < -0.3 is 15.0 Å². The summed E-state index contributed by atoms with van der Waals surface area (Å²) in [6.07, 6.45) is 1.33. The molecule has 2 amide bonds. The molecule has 26 heavy (non-hydrogen) atoms. The summed E-state index contributed by atoms with van der Waals surface area (Å²) in [5.74, 6) is -0.0727. The molecular weight excluding hydrogens is 328 g/mol. The van der Waals surface area contributed by atoms with Gasteiger partial charge in [0.2, 0.25) is 0 Å². The van der Waals surface area contributed by atoms with Gasteiger partial charge in [-0.1, -0.05) is 36.4 Å². The van der Waals surface area contributed by atoms with Crippen molar-refractivity contribution in [2.45, 2.75) is 18.4 Å². The van der Waals surface area contributed by atoms with E-state index in [2.05, 4.69) is 5.32 Å². The lowest BCUT2D eigenvalue weighted by atomic mass is 9.87. The predicted molar refractivity (Wildman–Crippen MR) is 100 cm³/mol. The molecule has 0 spiro atoms. The monoisotopic (exact) mass is 352 g/mol. The van der Waals surface area contributed by atoms with Gasteiger partial charge in [-0.15, -0.1) is 0 Å². The van der Waals surface area contributed by atoms with Crippen LogP contribution >= 0.6 is 0 Å². The fourth-order valence-corrected chi connectivity index (χ4v) is 3.39. The number of carbonyl (C=O) groups is 2. The number of nitrogens with one attached hydrogen (secondary N) is 1. The normalized spacial score (nSPS) is 16.1. The number of methoxy groups -OCH3 is 1. The minimum absolute atomic E-state index is 0.0333. The van der Waals surface area contributed by atoms with Gasteiger partial charge in [-0.25, -0.2) is 0 Å². The van der Waals surface area contributed by atoms with Gasteiger partial charge in [0.15, 0.2) is 0 Å². The molecule has 5 heteroatoms. The van der Waals surface area contributed by atoms with Gasteiger partial charge >= 0.3 is 0 Å². The maximum Gasteiger partial charge on any atom is 0.253 e. The van der Waals surface area contributed by atoms with E-state index in [1.807, 2.05) is 53.4 Å². The topological polar surface area (TPSA) is 58.6 Å². The number of rotatable bonds is 5. The van der Waals surface area contributed by atoms with Crippen LogP contribution in [0.3, 0.4) is 0 Å². The summed E-state index contributed by atoms with van der Waals surface area (Å²) >= 11 is 0. The molecule has 1 saturated heterocycles. The fourth-order valence-electron chi connectivity index (χ4n) is 3.39. The zero-order chi connectivity index (χ0) is 18.4. The maximum absolute atomic E-state index is 12.6. The molecule has 0 unspecified atom stereocenters. The third-order valence-corrected chi connectivity index (χ3v) is 4.86. The van der Waals surface area contributed by atoms with Gasteiger partial charge in [0.05, 0.1) is 12.1 Å². The average molecular weight is 352 g/mol. The van der Waals surface area contributed by atoms with Gasteiger partial charge in [-0.2, -0.15) is 0 Å². The number of hydrogen-bond acceptors (Lipinski definition) is 3. The Labute approximate surface area is 154 Å². The molecule has 0 aromatic heterocycles. The van der Waals surface area contributed by atoms with E-state index in [-0.39, 0.29) is 11.8 Å². The Bertz CT molecular complexity index is 738. The summed E-state index contributed by atoms with van der Waals surface area (Å²) in [7, 11) is 1.64. The lowest BCUT2D eigenvalue weighted by molar-refractivity contribution is 0.0407. The Hall–Kier alpha value is -2.66. The first kappa shape index (κ1) is 18.1. The SMILES string of the molecule is COCC1(NC(=O)c2ccccc2)CCN(C(=O)c2ccccc2)CC1. The summed E-state index contributed by atoms with van der Waals surface area (Å²) in [6.45, 7) is 1.61. The van der Waals surface area contributed by atoms with Crippen LogP contribution in [0.15, 0.2) is 60.7 Å². The van der Waals surface area contributed by atoms with E-state index < -0.39 is 5.54 Å². The second-order valence-corrected chi connectivity index (χ2v) is 6.69. The molecule has 2 aromatic carbocycles. The second-order valence-electron chi connectivity index (χ2n) is 6.69. The first-order chi connectivity index (χ1) is 12.6. The molecule has 2 aromatic rings. The Balaban J connectivity index is 1.67. The van der Waals surface area contributed by atoms with Crippen molar-refractivity contribution < 1.29 is 14.3 Å². The van der Waals surface area contributed by atoms with Crippen LogP contribution in [0.1, 0.15) is 33.6 Å². The molecule has 1 N–H and O–H groups in total. The van der Waals surface area contributed by atoms with Crippen molar-refractivity contribution in [3.63, 3.8) is 0 Å². The summed E-state index contributed by atoms with van der Waals surface area (Å²) < 4.78 is 5.38. The zero-order valence-electron chi connectivity index (χ0n) is 15.0. The van der Waals surface area contributed by atoms with Crippen LogP contribution in [-0.2, 0) is 4.74 Å². The Morgan fingerprint density at radius 3 is 2.04 bits per heavy atom. The number of ether oxygens (including phenoxy) is 1. The molecule has 0 radical (unpaired) electrons. The number of hydrogen-bond donors (Lipinski definition) is 1. The number of benzene rings is 2. The average Bonchev–Trinajstić information content (AvgIpc) is 2.69. The minimum Gasteiger partial charge on any atom is -0.382 e. The molecule has 0 bridgehead atoms. The molecule has 1 heterocycles. The van der Waals surface area contributed by atoms with Crippen molar-refractivity contribution >= 4 is 11.8 Å². The van der Waals surface area contributed by atoms with Gasteiger partial charge in [0.1, 0.15) is 0 Å². The second kappa shape index (κ2) is 8.15. The first-order valence-corrected chi connectivity index (χ1v) is 8.84. The Morgan fingerprint density at radius 1 is 0.962 bits per heavy atom. The summed E-state index contributed by atoms with van der Waals surface area (Å²) in [4.78, 5) is 27.0. The van der Waals surface area contributed by atoms with Crippen LogP contribution in [0, 0.1) is 0 Å². The van der Waals surface area contributed by atoms with E-state index in [1.165, 1.54) is 0 Å². The van der Waals surface area contributed by atoms with Gasteiger partial charge in [-0.3, -0.25) is 9.59 Å². The highest BCUT2D eigenvalue weighted by molar-refractivity contribution is 5.95. The highest BCUT2D eigenvalue weighted by atomic mass is 16.5. The molecule has 5 nitrogen and oxygen atoms in total. The van der Waals surface area contributed by atoms with E-state index in [4.69, 9.17) is 4.74 Å². The summed E-state index contributed by atoms with van der Waals surface area (Å²) in [5, 5.41) is 3.15. The molecule has 136 valence electrons. The Kier molecular flexibility index (Phi) is 5.68.